The summed E-state index contributed by atoms with van der Waals surface area (Å²) in [4.78, 5) is 15.3. The lowest BCUT2D eigenvalue weighted by atomic mass is 9.97. The maximum Gasteiger partial charge on any atom is 0.252 e. The zero-order valence-corrected chi connectivity index (χ0v) is 11.1. The van der Waals surface area contributed by atoms with E-state index in [1.165, 1.54) is 12.1 Å². The minimum atomic E-state index is -0.682. The van der Waals surface area contributed by atoms with Gasteiger partial charge in [0.05, 0.1) is 5.56 Å². The Bertz CT molecular complexity index is 683. The van der Waals surface area contributed by atoms with Crippen molar-refractivity contribution in [3.63, 3.8) is 0 Å². The Morgan fingerprint density at radius 2 is 2.05 bits per heavy atom. The minimum Gasteiger partial charge on any atom is -0.507 e. The van der Waals surface area contributed by atoms with Gasteiger partial charge in [-0.1, -0.05) is 6.07 Å². The number of pyridine rings is 1. The summed E-state index contributed by atoms with van der Waals surface area (Å²) in [5.41, 5.74) is 19.8. The number of rotatable bonds is 3. The fourth-order valence-electron chi connectivity index (χ4n) is 2.15. The van der Waals surface area contributed by atoms with Crippen LogP contribution in [0.2, 0.25) is 0 Å². The first-order chi connectivity index (χ1) is 9.43. The number of amides is 1. The van der Waals surface area contributed by atoms with Crippen LogP contribution >= 0.6 is 0 Å². The number of nitrogens with two attached hydrogens (primary N) is 3. The zero-order valence-electron chi connectivity index (χ0n) is 11.1. The number of aromatic hydroxyl groups is 1. The molecule has 6 heteroatoms. The third-order valence-corrected chi connectivity index (χ3v) is 3.13. The van der Waals surface area contributed by atoms with Crippen LogP contribution in [0.25, 0.3) is 11.1 Å². The highest BCUT2D eigenvalue weighted by Gasteiger charge is 2.13. The van der Waals surface area contributed by atoms with E-state index in [2.05, 4.69) is 4.98 Å². The van der Waals surface area contributed by atoms with Crippen molar-refractivity contribution < 1.29 is 9.90 Å². The summed E-state index contributed by atoms with van der Waals surface area (Å²) in [5, 5.41) is 9.85. The van der Waals surface area contributed by atoms with E-state index in [1.54, 1.807) is 12.1 Å². The van der Waals surface area contributed by atoms with Crippen molar-refractivity contribution in [1.82, 2.24) is 4.98 Å². The Kier molecular flexibility index (Phi) is 3.58. The summed E-state index contributed by atoms with van der Waals surface area (Å²) < 4.78 is 0. The lowest BCUT2D eigenvalue weighted by Crippen LogP contribution is -2.11. The summed E-state index contributed by atoms with van der Waals surface area (Å²) in [6.07, 6.45) is 0. The Labute approximate surface area is 116 Å². The molecular weight excluding hydrogens is 256 g/mol. The van der Waals surface area contributed by atoms with Gasteiger partial charge in [0.25, 0.3) is 5.91 Å². The van der Waals surface area contributed by atoms with Crippen molar-refractivity contribution in [3.05, 3.63) is 41.1 Å². The van der Waals surface area contributed by atoms with Crippen LogP contribution < -0.4 is 17.2 Å². The van der Waals surface area contributed by atoms with Gasteiger partial charge in [0.2, 0.25) is 0 Å². The maximum atomic E-state index is 11.1. The van der Waals surface area contributed by atoms with E-state index in [-0.39, 0.29) is 11.3 Å². The van der Waals surface area contributed by atoms with Crippen molar-refractivity contribution >= 4 is 11.7 Å². The number of primary amides is 1. The van der Waals surface area contributed by atoms with E-state index < -0.39 is 5.91 Å². The highest BCUT2D eigenvalue weighted by molar-refractivity contribution is 5.96. The third kappa shape index (κ3) is 2.41. The molecule has 0 bridgehead atoms. The van der Waals surface area contributed by atoms with Gasteiger partial charge < -0.3 is 22.3 Å². The molecule has 0 unspecified atom stereocenters. The second-order valence-electron chi connectivity index (χ2n) is 4.46. The van der Waals surface area contributed by atoms with Crippen LogP contribution in [0.4, 0.5) is 5.82 Å². The summed E-state index contributed by atoms with van der Waals surface area (Å²) >= 11 is 0. The van der Waals surface area contributed by atoms with Gasteiger partial charge in [-0.05, 0) is 41.8 Å². The number of phenols is 1. The van der Waals surface area contributed by atoms with Crippen molar-refractivity contribution in [1.29, 1.82) is 0 Å². The number of hydrogen-bond donors (Lipinski definition) is 4. The number of nitrogen functional groups attached to an aromatic ring is 1. The highest BCUT2D eigenvalue weighted by Crippen LogP contribution is 2.30. The van der Waals surface area contributed by atoms with E-state index in [0.717, 1.165) is 16.8 Å². The lowest BCUT2D eigenvalue weighted by Gasteiger charge is -2.13. The van der Waals surface area contributed by atoms with Crippen LogP contribution in [0.5, 0.6) is 5.75 Å². The quantitative estimate of drug-likeness (QED) is 0.660. The predicted molar refractivity (Wildman–Crippen MR) is 76.9 cm³/mol. The molecule has 1 aromatic carbocycles. The first-order valence-electron chi connectivity index (χ1n) is 6.03. The first kappa shape index (κ1) is 13.8. The summed E-state index contributed by atoms with van der Waals surface area (Å²) in [5.74, 6) is -0.488. The molecule has 0 spiro atoms. The van der Waals surface area contributed by atoms with Gasteiger partial charge in [0, 0.05) is 12.2 Å². The Balaban J connectivity index is 2.63. The molecule has 104 valence electrons. The van der Waals surface area contributed by atoms with Crippen LogP contribution in [0.3, 0.4) is 0 Å². The molecule has 0 atom stereocenters. The Morgan fingerprint density at radius 1 is 1.35 bits per heavy atom. The standard InChI is InChI=1S/C14H16N4O2/c1-7-11(6-15)10(5-13(16)18-7)8-2-3-9(14(17)20)12(19)4-8/h2-5,19H,6,15H2,1H3,(H2,16,18)(H2,17,20). The van der Waals surface area contributed by atoms with E-state index in [9.17, 15) is 9.90 Å². The molecule has 0 fully saturated rings. The van der Waals surface area contributed by atoms with Crippen LogP contribution in [0.1, 0.15) is 21.6 Å². The van der Waals surface area contributed by atoms with Crippen LogP contribution in [0, 0.1) is 6.92 Å². The van der Waals surface area contributed by atoms with Crippen LogP contribution in [-0.2, 0) is 6.54 Å². The molecule has 6 nitrogen and oxygen atoms in total. The average Bonchev–Trinajstić information content (AvgIpc) is 2.37. The molecule has 2 rings (SSSR count). The van der Waals surface area contributed by atoms with Crippen molar-refractivity contribution in [2.45, 2.75) is 13.5 Å². The number of anilines is 1. The van der Waals surface area contributed by atoms with E-state index >= 15 is 0 Å². The molecule has 1 amide bonds. The normalized spacial score (nSPS) is 10.5. The monoisotopic (exact) mass is 272 g/mol. The molecule has 1 heterocycles. The van der Waals surface area contributed by atoms with E-state index in [4.69, 9.17) is 17.2 Å². The molecule has 2 aromatic rings. The zero-order chi connectivity index (χ0) is 14.9. The molecule has 0 aliphatic rings. The molecule has 20 heavy (non-hydrogen) atoms. The molecule has 0 saturated carbocycles. The Hall–Kier alpha value is -2.60. The van der Waals surface area contributed by atoms with Gasteiger partial charge in [0.15, 0.2) is 0 Å². The van der Waals surface area contributed by atoms with Gasteiger partial charge >= 0.3 is 0 Å². The molecule has 7 N–H and O–H groups in total. The number of nitrogens with zero attached hydrogens (tertiary/aromatic N) is 1. The fourth-order valence-corrected chi connectivity index (χ4v) is 2.15. The smallest absolute Gasteiger partial charge is 0.252 e. The molecule has 0 aliphatic carbocycles. The second kappa shape index (κ2) is 5.18. The van der Waals surface area contributed by atoms with Crippen LogP contribution in [0.15, 0.2) is 24.3 Å². The van der Waals surface area contributed by atoms with Crippen LogP contribution in [-0.4, -0.2) is 16.0 Å². The number of hydrogen-bond acceptors (Lipinski definition) is 5. The molecule has 0 radical (unpaired) electrons. The molecule has 0 saturated heterocycles. The first-order valence-corrected chi connectivity index (χ1v) is 6.03. The molecule has 1 aromatic heterocycles. The number of carbonyl (C=O) groups is 1. The average molecular weight is 272 g/mol. The predicted octanol–water partition coefficient (Wildman–Crippen LogP) is 0.902. The summed E-state index contributed by atoms with van der Waals surface area (Å²) in [6, 6.07) is 6.31. The Morgan fingerprint density at radius 3 is 2.60 bits per heavy atom. The third-order valence-electron chi connectivity index (χ3n) is 3.13. The molecule has 0 aliphatic heterocycles. The largest absolute Gasteiger partial charge is 0.507 e. The SMILES string of the molecule is Cc1nc(N)cc(-c2ccc(C(N)=O)c(O)c2)c1CN. The topological polar surface area (TPSA) is 128 Å². The number of aromatic nitrogens is 1. The van der Waals surface area contributed by atoms with Crippen molar-refractivity contribution in [2.24, 2.45) is 11.5 Å². The van der Waals surface area contributed by atoms with Gasteiger partial charge in [-0.15, -0.1) is 0 Å². The second-order valence-corrected chi connectivity index (χ2v) is 4.46. The summed E-state index contributed by atoms with van der Waals surface area (Å²) in [7, 11) is 0. The fraction of sp³-hybridized carbons (Fsp3) is 0.143. The number of carbonyl (C=O) groups excluding carboxylic acids is 1. The van der Waals surface area contributed by atoms with E-state index in [0.29, 0.717) is 17.9 Å². The maximum absolute atomic E-state index is 11.1. The van der Waals surface area contributed by atoms with Crippen molar-refractivity contribution in [3.8, 4) is 16.9 Å². The number of benzene rings is 1. The lowest BCUT2D eigenvalue weighted by molar-refractivity contribution is 0.0998. The summed E-state index contributed by atoms with van der Waals surface area (Å²) in [6.45, 7) is 2.12. The highest BCUT2D eigenvalue weighted by atomic mass is 16.3. The van der Waals surface area contributed by atoms with Crippen molar-refractivity contribution in [2.75, 3.05) is 5.73 Å². The van der Waals surface area contributed by atoms with Gasteiger partial charge in [-0.2, -0.15) is 0 Å². The minimum absolute atomic E-state index is 0.0711. The molecular formula is C14H16N4O2. The van der Waals surface area contributed by atoms with Gasteiger partial charge in [-0.3, -0.25) is 4.79 Å². The van der Waals surface area contributed by atoms with Gasteiger partial charge in [0.1, 0.15) is 11.6 Å². The van der Waals surface area contributed by atoms with E-state index in [1.807, 2.05) is 6.92 Å². The van der Waals surface area contributed by atoms with Gasteiger partial charge in [-0.25, -0.2) is 4.98 Å². The number of aryl methyl sites for hydroxylation is 1.